The minimum absolute atomic E-state index is 0.0214. The first-order valence-corrected chi connectivity index (χ1v) is 10.7. The lowest BCUT2D eigenvalue weighted by molar-refractivity contribution is 0.0692. The molecule has 0 saturated carbocycles. The van der Waals surface area contributed by atoms with Crippen molar-refractivity contribution >= 4 is 54.9 Å². The molecule has 5 nitrogen and oxygen atoms in total. The molecule has 9 heteroatoms. The first-order chi connectivity index (χ1) is 12.4. The van der Waals surface area contributed by atoms with Crippen LogP contribution in [-0.2, 0) is 14.9 Å². The summed E-state index contributed by atoms with van der Waals surface area (Å²) in [5.41, 5.74) is 0.536. The normalized spacial score (nSPS) is 14.9. The zero-order valence-corrected chi connectivity index (χ0v) is 17.5. The molecule has 26 heavy (non-hydrogen) atoms. The van der Waals surface area contributed by atoms with E-state index in [9.17, 15) is 8.42 Å². The molecule has 1 aliphatic rings. The van der Waals surface area contributed by atoms with Gasteiger partial charge < -0.3 is 13.8 Å². The Bertz CT molecular complexity index is 913. The second-order valence-corrected chi connectivity index (χ2v) is 8.82. The average molecular weight is 477 g/mol. The van der Waals surface area contributed by atoms with Crippen molar-refractivity contribution in [3.05, 3.63) is 57.5 Å². The molecule has 1 saturated heterocycles. The minimum atomic E-state index is -4.01. The Hall–Kier alpha value is -1.19. The highest BCUT2D eigenvalue weighted by atomic mass is 79.9. The topological polar surface area (TPSA) is 55.8 Å². The molecule has 0 bridgehead atoms. The smallest absolute Gasteiger partial charge is 0.339 e. The quantitative estimate of drug-likeness (QED) is 0.493. The fourth-order valence-corrected chi connectivity index (χ4v) is 4.22. The van der Waals surface area contributed by atoms with Crippen LogP contribution in [0.5, 0.6) is 5.75 Å². The standard InChI is InChI=1S/C17H15BrClNO4S2/c18-12-1-6-16(15(11-12)17(25)20-7-9-23-10-8-20)24-26(21,22)14-4-2-13(19)3-5-14/h1-6,11H,7-10H2. The lowest BCUT2D eigenvalue weighted by Crippen LogP contribution is -2.40. The van der Waals surface area contributed by atoms with E-state index in [2.05, 4.69) is 15.9 Å². The molecule has 138 valence electrons. The van der Waals surface area contributed by atoms with Crippen molar-refractivity contribution in [1.29, 1.82) is 0 Å². The number of ether oxygens (including phenoxy) is 1. The molecule has 0 atom stereocenters. The maximum absolute atomic E-state index is 12.6. The molecule has 0 N–H and O–H groups in total. The zero-order chi connectivity index (χ0) is 18.7. The van der Waals surface area contributed by atoms with E-state index in [1.165, 1.54) is 24.3 Å². The molecular formula is C17H15BrClNO4S2. The summed E-state index contributed by atoms with van der Waals surface area (Å²) in [5, 5.41) is 0.446. The molecule has 1 aliphatic heterocycles. The number of halogens is 2. The lowest BCUT2D eigenvalue weighted by atomic mass is 10.2. The molecule has 0 aliphatic carbocycles. The van der Waals surface area contributed by atoms with Gasteiger partial charge in [-0.2, -0.15) is 8.42 Å². The van der Waals surface area contributed by atoms with Gasteiger partial charge in [0, 0.05) is 22.6 Å². The number of hydrogen-bond acceptors (Lipinski definition) is 5. The van der Waals surface area contributed by atoms with Crippen LogP contribution in [0, 0.1) is 0 Å². The molecule has 0 unspecified atom stereocenters. The highest BCUT2D eigenvalue weighted by Crippen LogP contribution is 2.28. The molecule has 0 radical (unpaired) electrons. The third-order valence-corrected chi connectivity index (χ3v) is 6.24. The van der Waals surface area contributed by atoms with Crippen molar-refractivity contribution in [1.82, 2.24) is 4.90 Å². The maximum atomic E-state index is 12.6. The zero-order valence-electron chi connectivity index (χ0n) is 13.5. The number of thiocarbonyl (C=S) groups is 1. The van der Waals surface area contributed by atoms with Crippen LogP contribution < -0.4 is 4.18 Å². The Morgan fingerprint density at radius 3 is 2.46 bits per heavy atom. The Morgan fingerprint density at radius 1 is 1.15 bits per heavy atom. The van der Waals surface area contributed by atoms with E-state index in [-0.39, 0.29) is 10.6 Å². The first kappa shape index (κ1) is 19.6. The lowest BCUT2D eigenvalue weighted by Gasteiger charge is -2.29. The molecule has 1 heterocycles. The summed E-state index contributed by atoms with van der Waals surface area (Å²) in [6.45, 7) is 2.45. The van der Waals surface area contributed by atoms with Gasteiger partial charge in [-0.3, -0.25) is 0 Å². The van der Waals surface area contributed by atoms with Gasteiger partial charge in [0.1, 0.15) is 9.88 Å². The Kier molecular flexibility index (Phi) is 6.19. The SMILES string of the molecule is O=S(=O)(Oc1ccc(Br)cc1C(=S)N1CCOCC1)c1ccc(Cl)cc1. The second-order valence-electron chi connectivity index (χ2n) is 5.54. The van der Waals surface area contributed by atoms with Gasteiger partial charge in [0.2, 0.25) is 0 Å². The summed E-state index contributed by atoms with van der Waals surface area (Å²) in [4.78, 5) is 2.52. The van der Waals surface area contributed by atoms with E-state index in [0.29, 0.717) is 41.9 Å². The van der Waals surface area contributed by atoms with Crippen LogP contribution in [-0.4, -0.2) is 44.6 Å². The highest BCUT2D eigenvalue weighted by Gasteiger charge is 2.23. The summed E-state index contributed by atoms with van der Waals surface area (Å²) in [5.74, 6) is 0.180. The fourth-order valence-electron chi connectivity index (χ4n) is 2.45. The molecule has 2 aromatic carbocycles. The Labute approximate surface area is 171 Å². The van der Waals surface area contributed by atoms with Crippen molar-refractivity contribution in [2.75, 3.05) is 26.3 Å². The minimum Gasteiger partial charge on any atom is -0.378 e. The van der Waals surface area contributed by atoms with E-state index in [1.807, 2.05) is 4.90 Å². The number of hydrogen-bond donors (Lipinski definition) is 0. The van der Waals surface area contributed by atoms with Crippen LogP contribution in [0.1, 0.15) is 5.56 Å². The molecule has 0 spiro atoms. The third kappa shape index (κ3) is 4.55. The average Bonchev–Trinajstić information content (AvgIpc) is 2.63. The summed E-state index contributed by atoms with van der Waals surface area (Å²) in [7, 11) is -4.01. The third-order valence-electron chi connectivity index (χ3n) is 3.77. The van der Waals surface area contributed by atoms with Crippen LogP contribution in [0.4, 0.5) is 0 Å². The molecule has 0 amide bonds. The number of benzene rings is 2. The van der Waals surface area contributed by atoms with E-state index in [0.717, 1.165) is 4.47 Å². The number of nitrogens with zero attached hydrogens (tertiary/aromatic N) is 1. The van der Waals surface area contributed by atoms with Gasteiger partial charge in [-0.05, 0) is 42.5 Å². The van der Waals surface area contributed by atoms with Crippen LogP contribution >= 0.6 is 39.7 Å². The second kappa shape index (κ2) is 8.22. The fraction of sp³-hybridized carbons (Fsp3) is 0.235. The number of rotatable bonds is 4. The summed E-state index contributed by atoms with van der Waals surface area (Å²) in [6, 6.07) is 10.8. The van der Waals surface area contributed by atoms with Gasteiger partial charge in [0.15, 0.2) is 5.75 Å². The summed E-state index contributed by atoms with van der Waals surface area (Å²) in [6.07, 6.45) is 0. The van der Waals surface area contributed by atoms with Crippen molar-refractivity contribution in [2.24, 2.45) is 0 Å². The van der Waals surface area contributed by atoms with Gasteiger partial charge in [-0.1, -0.05) is 39.7 Å². The monoisotopic (exact) mass is 475 g/mol. The van der Waals surface area contributed by atoms with Gasteiger partial charge >= 0.3 is 10.1 Å². The Balaban J connectivity index is 1.92. The van der Waals surface area contributed by atoms with E-state index in [1.54, 1.807) is 18.2 Å². The van der Waals surface area contributed by atoms with Gasteiger partial charge in [0.25, 0.3) is 0 Å². The maximum Gasteiger partial charge on any atom is 0.339 e. The predicted molar refractivity (Wildman–Crippen MR) is 107 cm³/mol. The molecule has 0 aromatic heterocycles. The van der Waals surface area contributed by atoms with E-state index in [4.69, 9.17) is 32.7 Å². The predicted octanol–water partition coefficient (Wildman–Crippen LogP) is 3.88. The highest BCUT2D eigenvalue weighted by molar-refractivity contribution is 9.10. The summed E-state index contributed by atoms with van der Waals surface area (Å²) >= 11 is 14.8. The van der Waals surface area contributed by atoms with Gasteiger partial charge in [-0.15, -0.1) is 0 Å². The largest absolute Gasteiger partial charge is 0.378 e. The van der Waals surface area contributed by atoms with Crippen LogP contribution in [0.15, 0.2) is 51.8 Å². The Morgan fingerprint density at radius 2 is 1.81 bits per heavy atom. The van der Waals surface area contributed by atoms with Gasteiger partial charge in [0.05, 0.1) is 18.8 Å². The first-order valence-electron chi connectivity index (χ1n) is 7.73. The van der Waals surface area contributed by atoms with Crippen molar-refractivity contribution < 1.29 is 17.3 Å². The molecule has 1 fully saturated rings. The van der Waals surface area contributed by atoms with Crippen molar-refractivity contribution in [2.45, 2.75) is 4.90 Å². The van der Waals surface area contributed by atoms with Crippen LogP contribution in [0.2, 0.25) is 5.02 Å². The van der Waals surface area contributed by atoms with E-state index >= 15 is 0 Å². The number of morpholine rings is 1. The van der Waals surface area contributed by atoms with Crippen LogP contribution in [0.25, 0.3) is 0 Å². The molecular weight excluding hydrogens is 462 g/mol. The van der Waals surface area contributed by atoms with Crippen molar-refractivity contribution in [3.8, 4) is 5.75 Å². The summed E-state index contributed by atoms with van der Waals surface area (Å²) < 4.78 is 36.7. The van der Waals surface area contributed by atoms with Gasteiger partial charge in [-0.25, -0.2) is 0 Å². The molecule has 3 rings (SSSR count). The van der Waals surface area contributed by atoms with E-state index < -0.39 is 10.1 Å². The molecule has 2 aromatic rings. The van der Waals surface area contributed by atoms with Crippen molar-refractivity contribution in [3.63, 3.8) is 0 Å². The van der Waals surface area contributed by atoms with Crippen LogP contribution in [0.3, 0.4) is 0 Å².